The zero-order valence-corrected chi connectivity index (χ0v) is 11.6. The molecule has 0 unspecified atom stereocenters. The smallest absolute Gasteiger partial charge is 0.224 e. The molecular formula is C14H21N3O3. The second-order valence-corrected chi connectivity index (χ2v) is 4.43. The fourth-order valence-corrected chi connectivity index (χ4v) is 1.74. The molecule has 110 valence electrons. The second-order valence-electron chi connectivity index (χ2n) is 4.43. The number of hydrogen-bond acceptors (Lipinski definition) is 4. The minimum atomic E-state index is -0.0259. The zero-order chi connectivity index (χ0) is 14.8. The van der Waals surface area contributed by atoms with E-state index in [-0.39, 0.29) is 11.7 Å². The number of rotatable bonds is 8. The topological polar surface area (TPSA) is 96.9 Å². The lowest BCUT2D eigenvalue weighted by molar-refractivity contribution is -0.120. The molecule has 0 heterocycles. The van der Waals surface area contributed by atoms with Crippen molar-refractivity contribution in [3.8, 4) is 5.75 Å². The first-order chi connectivity index (χ1) is 9.65. The summed E-state index contributed by atoms with van der Waals surface area (Å²) in [4.78, 5) is 11.7. The minimum absolute atomic E-state index is 0.0259. The lowest BCUT2D eigenvalue weighted by Crippen LogP contribution is -2.26. The number of ether oxygens (including phenoxy) is 1. The monoisotopic (exact) mass is 279 g/mol. The Hall–Kier alpha value is -2.24. The number of methoxy groups -OCH3 is 1. The molecule has 0 atom stereocenters. The van der Waals surface area contributed by atoms with E-state index in [1.165, 1.54) is 0 Å². The molecule has 1 rings (SSSR count). The van der Waals surface area contributed by atoms with Crippen LogP contribution in [0.5, 0.6) is 5.75 Å². The van der Waals surface area contributed by atoms with Crippen molar-refractivity contribution in [3.05, 3.63) is 29.8 Å². The third-order valence-electron chi connectivity index (χ3n) is 2.81. The summed E-state index contributed by atoms with van der Waals surface area (Å²) in [5.74, 6) is 0.934. The number of nitrogens with zero attached hydrogens (tertiary/aromatic N) is 1. The van der Waals surface area contributed by atoms with Crippen LogP contribution in [0.3, 0.4) is 0 Å². The van der Waals surface area contributed by atoms with Gasteiger partial charge in [-0.2, -0.15) is 0 Å². The molecule has 20 heavy (non-hydrogen) atoms. The molecule has 0 aliphatic rings. The maximum Gasteiger partial charge on any atom is 0.224 e. The van der Waals surface area contributed by atoms with Crippen LogP contribution in [-0.2, 0) is 11.2 Å². The van der Waals surface area contributed by atoms with Crippen LogP contribution in [0.2, 0.25) is 0 Å². The van der Waals surface area contributed by atoms with Crippen LogP contribution in [-0.4, -0.2) is 30.6 Å². The zero-order valence-electron chi connectivity index (χ0n) is 11.6. The molecule has 1 amide bonds. The molecule has 0 saturated carbocycles. The predicted molar refractivity (Wildman–Crippen MR) is 77.0 cm³/mol. The van der Waals surface area contributed by atoms with E-state index in [0.29, 0.717) is 19.4 Å². The summed E-state index contributed by atoms with van der Waals surface area (Å²) in [5.41, 5.74) is 6.26. The average Bonchev–Trinajstić information content (AvgIpc) is 2.46. The number of nitrogens with two attached hydrogens (primary N) is 1. The molecule has 6 nitrogen and oxygen atoms in total. The highest BCUT2D eigenvalue weighted by molar-refractivity contribution is 5.79. The van der Waals surface area contributed by atoms with Crippen molar-refractivity contribution in [2.75, 3.05) is 13.7 Å². The number of amidine groups is 1. The van der Waals surface area contributed by atoms with E-state index < -0.39 is 0 Å². The van der Waals surface area contributed by atoms with Crippen molar-refractivity contribution >= 4 is 11.7 Å². The Labute approximate surface area is 118 Å². The SMILES string of the molecule is COc1cccc(CC(=O)NCCCCC(N)=NO)c1. The molecule has 0 aromatic heterocycles. The standard InChI is InChI=1S/C14H21N3O3/c1-20-12-6-4-5-11(9-12)10-14(18)16-8-3-2-7-13(15)17-19/h4-6,9,19H,2-3,7-8,10H2,1H3,(H2,15,17)(H,16,18). The van der Waals surface area contributed by atoms with Crippen molar-refractivity contribution in [2.45, 2.75) is 25.7 Å². The first-order valence-electron chi connectivity index (χ1n) is 6.51. The molecule has 1 aromatic carbocycles. The van der Waals surface area contributed by atoms with Gasteiger partial charge in [0.1, 0.15) is 11.6 Å². The Morgan fingerprint density at radius 2 is 2.25 bits per heavy atom. The maximum absolute atomic E-state index is 11.7. The van der Waals surface area contributed by atoms with Gasteiger partial charge in [0.2, 0.25) is 5.91 Å². The number of amides is 1. The molecule has 0 aliphatic heterocycles. The van der Waals surface area contributed by atoms with Crippen LogP contribution in [0.4, 0.5) is 0 Å². The Balaban J connectivity index is 2.23. The van der Waals surface area contributed by atoms with Gasteiger partial charge in [-0.25, -0.2) is 0 Å². The lowest BCUT2D eigenvalue weighted by Gasteiger charge is -2.06. The summed E-state index contributed by atoms with van der Waals surface area (Å²) in [6.07, 6.45) is 2.43. The molecule has 0 spiro atoms. The van der Waals surface area contributed by atoms with Crippen LogP contribution in [0, 0.1) is 0 Å². The number of oxime groups is 1. The first kappa shape index (κ1) is 15.8. The van der Waals surface area contributed by atoms with Gasteiger partial charge in [-0.05, 0) is 30.5 Å². The number of nitrogens with one attached hydrogen (secondary N) is 1. The number of benzene rings is 1. The molecule has 0 radical (unpaired) electrons. The molecule has 4 N–H and O–H groups in total. The number of unbranched alkanes of at least 4 members (excludes halogenated alkanes) is 1. The van der Waals surface area contributed by atoms with Crippen molar-refractivity contribution < 1.29 is 14.7 Å². The largest absolute Gasteiger partial charge is 0.497 e. The van der Waals surface area contributed by atoms with Crippen molar-refractivity contribution in [3.63, 3.8) is 0 Å². The number of carbonyl (C=O) groups excluding carboxylic acids is 1. The van der Waals surface area contributed by atoms with E-state index in [9.17, 15) is 4.79 Å². The molecule has 0 fully saturated rings. The van der Waals surface area contributed by atoms with Gasteiger partial charge in [0, 0.05) is 13.0 Å². The fraction of sp³-hybridized carbons (Fsp3) is 0.429. The van der Waals surface area contributed by atoms with E-state index >= 15 is 0 Å². The fourth-order valence-electron chi connectivity index (χ4n) is 1.74. The molecule has 0 saturated heterocycles. The predicted octanol–water partition coefficient (Wildman–Crippen LogP) is 1.27. The Bertz CT molecular complexity index is 461. The van der Waals surface area contributed by atoms with Crippen molar-refractivity contribution in [1.29, 1.82) is 0 Å². The van der Waals surface area contributed by atoms with Gasteiger partial charge in [0.05, 0.1) is 13.5 Å². The lowest BCUT2D eigenvalue weighted by atomic mass is 10.1. The summed E-state index contributed by atoms with van der Waals surface area (Å²) in [6.45, 7) is 0.585. The summed E-state index contributed by atoms with van der Waals surface area (Å²) >= 11 is 0. The van der Waals surface area contributed by atoms with Gasteiger partial charge in [0.25, 0.3) is 0 Å². The van der Waals surface area contributed by atoms with Gasteiger partial charge >= 0.3 is 0 Å². The molecule has 1 aromatic rings. The van der Waals surface area contributed by atoms with Crippen LogP contribution >= 0.6 is 0 Å². The summed E-state index contributed by atoms with van der Waals surface area (Å²) < 4.78 is 5.11. The van der Waals surface area contributed by atoms with E-state index in [1.54, 1.807) is 7.11 Å². The third kappa shape index (κ3) is 6.08. The highest BCUT2D eigenvalue weighted by atomic mass is 16.5. The van der Waals surface area contributed by atoms with Gasteiger partial charge in [-0.3, -0.25) is 4.79 Å². The van der Waals surface area contributed by atoms with Gasteiger partial charge in [-0.15, -0.1) is 0 Å². The highest BCUT2D eigenvalue weighted by Gasteiger charge is 2.04. The summed E-state index contributed by atoms with van der Waals surface area (Å²) in [5, 5.41) is 14.1. The molecule has 6 heteroatoms. The van der Waals surface area contributed by atoms with Crippen LogP contribution < -0.4 is 15.8 Å². The van der Waals surface area contributed by atoms with Crippen molar-refractivity contribution in [1.82, 2.24) is 5.32 Å². The Morgan fingerprint density at radius 3 is 2.95 bits per heavy atom. The third-order valence-corrected chi connectivity index (χ3v) is 2.81. The van der Waals surface area contributed by atoms with Gasteiger partial charge < -0.3 is 21.0 Å². The minimum Gasteiger partial charge on any atom is -0.497 e. The van der Waals surface area contributed by atoms with E-state index in [0.717, 1.165) is 24.2 Å². The summed E-state index contributed by atoms with van der Waals surface area (Å²) in [6, 6.07) is 7.44. The van der Waals surface area contributed by atoms with Gasteiger partial charge in [0.15, 0.2) is 0 Å². The average molecular weight is 279 g/mol. The van der Waals surface area contributed by atoms with Crippen LogP contribution in [0.15, 0.2) is 29.4 Å². The maximum atomic E-state index is 11.7. The quantitative estimate of drug-likeness (QED) is 0.219. The number of hydrogen-bond donors (Lipinski definition) is 3. The molecular weight excluding hydrogens is 258 g/mol. The second kappa shape index (κ2) is 8.79. The van der Waals surface area contributed by atoms with E-state index in [4.69, 9.17) is 15.7 Å². The highest BCUT2D eigenvalue weighted by Crippen LogP contribution is 2.12. The van der Waals surface area contributed by atoms with Gasteiger partial charge in [-0.1, -0.05) is 17.3 Å². The molecule has 0 bridgehead atoms. The Morgan fingerprint density at radius 1 is 1.45 bits per heavy atom. The van der Waals surface area contributed by atoms with Crippen LogP contribution in [0.1, 0.15) is 24.8 Å². The van der Waals surface area contributed by atoms with Crippen molar-refractivity contribution in [2.24, 2.45) is 10.9 Å². The van der Waals surface area contributed by atoms with E-state index in [1.807, 2.05) is 24.3 Å². The van der Waals surface area contributed by atoms with Crippen LogP contribution in [0.25, 0.3) is 0 Å². The first-order valence-corrected chi connectivity index (χ1v) is 6.51. The molecule has 0 aliphatic carbocycles. The number of carbonyl (C=O) groups is 1. The normalized spacial score (nSPS) is 11.2. The Kier molecular flexibility index (Phi) is 6.95. The summed E-state index contributed by atoms with van der Waals surface area (Å²) in [7, 11) is 1.60. The van der Waals surface area contributed by atoms with E-state index in [2.05, 4.69) is 10.5 Å².